The minimum Gasteiger partial charge on any atom is -0.491 e. The van der Waals surface area contributed by atoms with Gasteiger partial charge in [-0.1, -0.05) is 25.3 Å². The molecule has 0 saturated heterocycles. The molecule has 0 aliphatic carbocycles. The van der Waals surface area contributed by atoms with Crippen LogP contribution in [0.15, 0.2) is 40.9 Å². The summed E-state index contributed by atoms with van der Waals surface area (Å²) in [6, 6.07) is 5.22. The van der Waals surface area contributed by atoms with Crippen molar-refractivity contribution in [3.8, 4) is 11.3 Å². The van der Waals surface area contributed by atoms with Crippen LogP contribution in [0.2, 0.25) is 0 Å². The van der Waals surface area contributed by atoms with Gasteiger partial charge in [0.2, 0.25) is 0 Å². The first kappa shape index (κ1) is 17.0. The van der Waals surface area contributed by atoms with E-state index in [9.17, 15) is 9.59 Å². The summed E-state index contributed by atoms with van der Waals surface area (Å²) in [5, 5.41) is 6.84. The van der Waals surface area contributed by atoms with E-state index >= 15 is 0 Å². The van der Waals surface area contributed by atoms with E-state index in [0.717, 1.165) is 0 Å². The van der Waals surface area contributed by atoms with Gasteiger partial charge in [0.1, 0.15) is 23.8 Å². The molecule has 0 amide bonds. The van der Waals surface area contributed by atoms with Gasteiger partial charge < -0.3 is 15.0 Å². The van der Waals surface area contributed by atoms with E-state index in [1.165, 1.54) is 10.8 Å². The minimum absolute atomic E-state index is 0.136. The van der Waals surface area contributed by atoms with Crippen molar-refractivity contribution in [1.82, 2.24) is 25.1 Å². The predicted octanol–water partition coefficient (Wildman–Crippen LogP) is 1.31. The Kier molecular flexibility index (Phi) is 4.25. The number of para-hydroxylation sites is 1. The van der Waals surface area contributed by atoms with Crippen molar-refractivity contribution in [2.45, 2.75) is 6.54 Å². The minimum atomic E-state index is -0.378. The van der Waals surface area contributed by atoms with Crippen molar-refractivity contribution in [3.63, 3.8) is 0 Å². The normalized spacial score (nSPS) is 14.7. The molecular formula is C19H19N5O3. The van der Waals surface area contributed by atoms with Crippen molar-refractivity contribution in [2.24, 2.45) is 0 Å². The molecule has 0 saturated carbocycles. The van der Waals surface area contributed by atoms with Gasteiger partial charge in [-0.05, 0) is 12.1 Å². The lowest BCUT2D eigenvalue weighted by atomic mass is 10.1. The molecule has 8 heteroatoms. The van der Waals surface area contributed by atoms with Crippen LogP contribution >= 0.6 is 0 Å². The highest BCUT2D eigenvalue weighted by molar-refractivity contribution is 5.92. The lowest BCUT2D eigenvalue weighted by Crippen LogP contribution is -2.28. The molecule has 0 unspecified atom stereocenters. The fourth-order valence-electron chi connectivity index (χ4n) is 3.17. The van der Waals surface area contributed by atoms with Crippen LogP contribution in [0.1, 0.15) is 11.4 Å². The SMILES string of the molecule is C=Cc1[nH]c(=O)c2nc1C(=C)OCCNCCn1[nH]c3c-2cccc3c1=O. The lowest BCUT2D eigenvalue weighted by Gasteiger charge is -2.13. The van der Waals surface area contributed by atoms with E-state index in [1.54, 1.807) is 18.2 Å². The van der Waals surface area contributed by atoms with Gasteiger partial charge in [-0.15, -0.1) is 0 Å². The number of nitrogens with one attached hydrogen (secondary N) is 3. The Labute approximate surface area is 154 Å². The van der Waals surface area contributed by atoms with Crippen molar-refractivity contribution in [1.29, 1.82) is 0 Å². The summed E-state index contributed by atoms with van der Waals surface area (Å²) in [6.07, 6.45) is 1.50. The maximum atomic E-state index is 12.7. The fraction of sp³-hybridized carbons (Fsp3) is 0.211. The van der Waals surface area contributed by atoms with Crippen LogP contribution < -0.4 is 16.4 Å². The van der Waals surface area contributed by atoms with Gasteiger partial charge in [-0.2, -0.15) is 0 Å². The number of fused-ring (bicyclic) bond motifs is 4. The molecule has 0 spiro atoms. The van der Waals surface area contributed by atoms with E-state index in [4.69, 9.17) is 4.74 Å². The Morgan fingerprint density at radius 3 is 2.89 bits per heavy atom. The summed E-state index contributed by atoms with van der Waals surface area (Å²) in [5.74, 6) is 0.347. The predicted molar refractivity (Wildman–Crippen MR) is 104 cm³/mol. The second kappa shape index (κ2) is 6.73. The number of aromatic amines is 2. The molecule has 4 bridgehead atoms. The number of rotatable bonds is 1. The largest absolute Gasteiger partial charge is 0.491 e. The first-order chi connectivity index (χ1) is 13.1. The highest BCUT2D eigenvalue weighted by Crippen LogP contribution is 2.24. The van der Waals surface area contributed by atoms with Crippen LogP contribution in [0.3, 0.4) is 0 Å². The lowest BCUT2D eigenvalue weighted by molar-refractivity contribution is 0.274. The standard InChI is InChI=1S/C19H19N5O3/c1-3-14-15-11(2)27-10-8-20-7-9-24-19(26)13-6-4-5-12(16(13)23-24)17(22-15)18(25)21-14/h3-6,20,23H,1-2,7-10H2,(H,21,25). The molecule has 3 aromatic rings. The first-order valence-electron chi connectivity index (χ1n) is 8.61. The number of hydrogen-bond donors (Lipinski definition) is 3. The van der Waals surface area contributed by atoms with Gasteiger partial charge in [0.15, 0.2) is 0 Å². The summed E-state index contributed by atoms with van der Waals surface area (Å²) in [7, 11) is 0. The third-order valence-electron chi connectivity index (χ3n) is 4.52. The Hall–Kier alpha value is -3.39. The van der Waals surface area contributed by atoms with Gasteiger partial charge in [-0.3, -0.25) is 19.4 Å². The van der Waals surface area contributed by atoms with E-state index in [0.29, 0.717) is 59.9 Å². The topological polar surface area (TPSA) is 105 Å². The molecule has 1 aliphatic heterocycles. The number of hydrogen-bond acceptors (Lipinski definition) is 5. The molecule has 4 rings (SSSR count). The van der Waals surface area contributed by atoms with Crippen molar-refractivity contribution in [2.75, 3.05) is 19.7 Å². The Morgan fingerprint density at radius 1 is 1.22 bits per heavy atom. The summed E-state index contributed by atoms with van der Waals surface area (Å²) in [5.41, 5.74) is 1.64. The third kappa shape index (κ3) is 2.89. The maximum Gasteiger partial charge on any atom is 0.275 e. The Morgan fingerprint density at radius 2 is 2.07 bits per heavy atom. The number of ether oxygens (including phenoxy) is 1. The fourth-order valence-corrected chi connectivity index (χ4v) is 3.17. The molecule has 138 valence electrons. The number of H-pyrrole nitrogens is 2. The van der Waals surface area contributed by atoms with E-state index in [1.807, 2.05) is 0 Å². The van der Waals surface area contributed by atoms with Crippen LogP contribution in [0.4, 0.5) is 0 Å². The third-order valence-corrected chi connectivity index (χ3v) is 4.52. The quantitative estimate of drug-likeness (QED) is 0.603. The monoisotopic (exact) mass is 365 g/mol. The van der Waals surface area contributed by atoms with Crippen LogP contribution in [-0.2, 0) is 11.3 Å². The highest BCUT2D eigenvalue weighted by Gasteiger charge is 2.18. The van der Waals surface area contributed by atoms with Crippen LogP contribution in [-0.4, -0.2) is 39.4 Å². The molecule has 3 N–H and O–H groups in total. The van der Waals surface area contributed by atoms with Crippen molar-refractivity contribution >= 4 is 22.7 Å². The molecule has 0 radical (unpaired) electrons. The average molecular weight is 365 g/mol. The second-order valence-electron chi connectivity index (χ2n) is 6.20. The highest BCUT2D eigenvalue weighted by atomic mass is 16.5. The molecular weight excluding hydrogens is 346 g/mol. The van der Waals surface area contributed by atoms with Crippen LogP contribution in [0, 0.1) is 0 Å². The molecule has 1 aromatic carbocycles. The van der Waals surface area contributed by atoms with Crippen LogP contribution in [0.5, 0.6) is 0 Å². The zero-order valence-electron chi connectivity index (χ0n) is 14.7. The molecule has 0 fully saturated rings. The Balaban J connectivity index is 2.03. The van der Waals surface area contributed by atoms with Crippen molar-refractivity contribution < 1.29 is 4.74 Å². The summed E-state index contributed by atoms with van der Waals surface area (Å²) < 4.78 is 7.20. The number of nitrogens with zero attached hydrogens (tertiary/aromatic N) is 2. The smallest absolute Gasteiger partial charge is 0.275 e. The van der Waals surface area contributed by atoms with Gasteiger partial charge >= 0.3 is 0 Å². The zero-order valence-corrected chi connectivity index (χ0v) is 14.7. The van der Waals surface area contributed by atoms with E-state index in [-0.39, 0.29) is 16.8 Å². The molecule has 8 nitrogen and oxygen atoms in total. The van der Waals surface area contributed by atoms with E-state index in [2.05, 4.69) is 33.5 Å². The Bertz CT molecular complexity index is 1170. The first-order valence-corrected chi connectivity index (χ1v) is 8.61. The van der Waals surface area contributed by atoms with Gasteiger partial charge in [0.25, 0.3) is 11.1 Å². The summed E-state index contributed by atoms with van der Waals surface area (Å²) in [4.78, 5) is 32.6. The van der Waals surface area contributed by atoms with Crippen LogP contribution in [0.25, 0.3) is 34.0 Å². The van der Waals surface area contributed by atoms with Gasteiger partial charge in [0, 0.05) is 18.7 Å². The second-order valence-corrected chi connectivity index (χ2v) is 6.20. The van der Waals surface area contributed by atoms with E-state index < -0.39 is 0 Å². The number of aromatic nitrogens is 4. The molecule has 0 atom stereocenters. The average Bonchev–Trinajstić information content (AvgIpc) is 2.99. The van der Waals surface area contributed by atoms with Crippen molar-refractivity contribution in [3.05, 3.63) is 63.5 Å². The molecule has 27 heavy (non-hydrogen) atoms. The summed E-state index contributed by atoms with van der Waals surface area (Å²) >= 11 is 0. The van der Waals surface area contributed by atoms with Gasteiger partial charge in [0.05, 0.1) is 23.1 Å². The zero-order chi connectivity index (χ0) is 19.0. The summed E-state index contributed by atoms with van der Waals surface area (Å²) in [6.45, 7) is 9.68. The molecule has 2 aromatic heterocycles. The molecule has 3 heterocycles. The molecule has 1 aliphatic rings. The van der Waals surface area contributed by atoms with Gasteiger partial charge in [-0.25, -0.2) is 4.98 Å². The maximum absolute atomic E-state index is 12.7. The number of benzene rings is 1.